The Balaban J connectivity index is 1.66. The van der Waals surface area contributed by atoms with Gasteiger partial charge < -0.3 is 14.5 Å². The minimum absolute atomic E-state index is 0.293. The monoisotopic (exact) mass is 388 g/mol. The van der Waals surface area contributed by atoms with Gasteiger partial charge in [0.25, 0.3) is 5.91 Å². The highest BCUT2D eigenvalue weighted by Crippen LogP contribution is 2.25. The van der Waals surface area contributed by atoms with Crippen LogP contribution in [0.25, 0.3) is 11.1 Å². The number of rotatable bonds is 6. The number of carbonyl (C=O) groups is 1. The molecule has 4 aromatic rings. The normalized spacial score (nSPS) is 10.8. The number of hydrogen-bond donors (Lipinski definition) is 1. The largest absolute Gasteiger partial charge is 0.492 e. The maximum absolute atomic E-state index is 12.8. The molecular formula is C23H20N2O4. The molecule has 6 heteroatoms. The van der Waals surface area contributed by atoms with Crippen molar-refractivity contribution in [2.45, 2.75) is 13.5 Å². The van der Waals surface area contributed by atoms with Crippen molar-refractivity contribution in [2.24, 2.45) is 0 Å². The van der Waals surface area contributed by atoms with Crippen molar-refractivity contribution in [3.63, 3.8) is 0 Å². The molecule has 3 aromatic carbocycles. The summed E-state index contributed by atoms with van der Waals surface area (Å²) in [6.45, 7) is 2.75. The topological polar surface area (TPSA) is 73.5 Å². The quantitative estimate of drug-likeness (QED) is 0.535. The van der Waals surface area contributed by atoms with E-state index in [1.165, 1.54) is 4.57 Å². The molecule has 1 aromatic heterocycles. The van der Waals surface area contributed by atoms with Crippen molar-refractivity contribution in [2.75, 3.05) is 11.9 Å². The summed E-state index contributed by atoms with van der Waals surface area (Å²) in [5.41, 5.74) is 3.00. The first-order chi connectivity index (χ1) is 14.2. The molecule has 0 unspecified atom stereocenters. The Morgan fingerprint density at radius 2 is 1.79 bits per heavy atom. The van der Waals surface area contributed by atoms with E-state index in [2.05, 4.69) is 5.32 Å². The molecule has 0 bridgehead atoms. The van der Waals surface area contributed by atoms with Gasteiger partial charge in [-0.15, -0.1) is 0 Å². The van der Waals surface area contributed by atoms with Gasteiger partial charge in [0.1, 0.15) is 5.75 Å². The number of anilines is 1. The van der Waals surface area contributed by atoms with Crippen LogP contribution in [0.15, 0.2) is 82.0 Å². The zero-order valence-electron chi connectivity index (χ0n) is 15.9. The molecule has 0 aliphatic rings. The third-order valence-electron chi connectivity index (χ3n) is 4.55. The lowest BCUT2D eigenvalue weighted by Crippen LogP contribution is -2.16. The molecule has 0 saturated heterocycles. The van der Waals surface area contributed by atoms with E-state index >= 15 is 0 Å². The van der Waals surface area contributed by atoms with E-state index in [1.807, 2.05) is 49.4 Å². The summed E-state index contributed by atoms with van der Waals surface area (Å²) in [5, 5.41) is 2.87. The van der Waals surface area contributed by atoms with Gasteiger partial charge in [0.2, 0.25) is 0 Å². The lowest BCUT2D eigenvalue weighted by Gasteiger charge is -2.11. The average molecular weight is 388 g/mol. The number of benzene rings is 3. The van der Waals surface area contributed by atoms with Gasteiger partial charge in [0, 0.05) is 5.56 Å². The van der Waals surface area contributed by atoms with Gasteiger partial charge in [-0.2, -0.15) is 0 Å². The van der Waals surface area contributed by atoms with Crippen LogP contribution in [0.1, 0.15) is 22.8 Å². The molecule has 29 heavy (non-hydrogen) atoms. The van der Waals surface area contributed by atoms with Crippen LogP contribution in [0.3, 0.4) is 0 Å². The van der Waals surface area contributed by atoms with Crippen molar-refractivity contribution in [3.05, 3.63) is 94.5 Å². The SMILES string of the molecule is CCOc1ccccc1NC(=O)c1ccc2oc(=O)n(Cc3ccccc3)c2c1. The summed E-state index contributed by atoms with van der Waals surface area (Å²) in [6, 6.07) is 21.8. The molecule has 0 saturated carbocycles. The highest BCUT2D eigenvalue weighted by molar-refractivity contribution is 6.06. The number of carbonyl (C=O) groups excluding carboxylic acids is 1. The molecule has 0 radical (unpaired) electrons. The van der Waals surface area contributed by atoms with E-state index in [-0.39, 0.29) is 5.91 Å². The second kappa shape index (κ2) is 8.06. The van der Waals surface area contributed by atoms with Gasteiger partial charge in [0.05, 0.1) is 24.4 Å². The van der Waals surface area contributed by atoms with Gasteiger partial charge in [0.15, 0.2) is 5.58 Å². The first-order valence-corrected chi connectivity index (χ1v) is 9.36. The molecule has 0 spiro atoms. The molecule has 1 amide bonds. The van der Waals surface area contributed by atoms with Crippen molar-refractivity contribution >= 4 is 22.7 Å². The van der Waals surface area contributed by atoms with Crippen molar-refractivity contribution in [1.29, 1.82) is 0 Å². The zero-order chi connectivity index (χ0) is 20.2. The summed E-state index contributed by atoms with van der Waals surface area (Å²) in [4.78, 5) is 25.1. The van der Waals surface area contributed by atoms with E-state index in [0.29, 0.717) is 41.3 Å². The standard InChI is InChI=1S/C23H20N2O4/c1-2-28-20-11-7-6-10-18(20)24-22(26)17-12-13-21-19(14-17)25(23(27)29-21)15-16-8-4-3-5-9-16/h3-14H,2,15H2,1H3,(H,24,26). The van der Waals surface area contributed by atoms with Crippen molar-refractivity contribution < 1.29 is 13.9 Å². The number of hydrogen-bond acceptors (Lipinski definition) is 4. The van der Waals surface area contributed by atoms with Gasteiger partial charge in [-0.3, -0.25) is 9.36 Å². The maximum Gasteiger partial charge on any atom is 0.420 e. The first kappa shape index (κ1) is 18.6. The smallest absolute Gasteiger partial charge is 0.420 e. The van der Waals surface area contributed by atoms with Gasteiger partial charge in [-0.1, -0.05) is 42.5 Å². The predicted molar refractivity (Wildman–Crippen MR) is 112 cm³/mol. The fraction of sp³-hybridized carbons (Fsp3) is 0.130. The molecule has 4 rings (SSSR count). The fourth-order valence-corrected chi connectivity index (χ4v) is 3.16. The molecule has 1 heterocycles. The van der Waals surface area contributed by atoms with E-state index in [0.717, 1.165) is 5.56 Å². The Hall–Kier alpha value is -3.80. The second-order valence-corrected chi connectivity index (χ2v) is 6.51. The van der Waals surface area contributed by atoms with Gasteiger partial charge >= 0.3 is 5.76 Å². The molecule has 1 N–H and O–H groups in total. The van der Waals surface area contributed by atoms with Crippen LogP contribution in [0, 0.1) is 0 Å². The summed E-state index contributed by atoms with van der Waals surface area (Å²) in [5.74, 6) is -0.143. The summed E-state index contributed by atoms with van der Waals surface area (Å²) in [6.07, 6.45) is 0. The van der Waals surface area contributed by atoms with Crippen LogP contribution in [0.2, 0.25) is 0 Å². The van der Waals surface area contributed by atoms with E-state index in [4.69, 9.17) is 9.15 Å². The Kier molecular flexibility index (Phi) is 5.16. The average Bonchev–Trinajstić information content (AvgIpc) is 3.05. The molecule has 0 aliphatic carbocycles. The van der Waals surface area contributed by atoms with Crippen LogP contribution >= 0.6 is 0 Å². The second-order valence-electron chi connectivity index (χ2n) is 6.51. The molecule has 146 valence electrons. The van der Waals surface area contributed by atoms with Crippen LogP contribution in [-0.4, -0.2) is 17.1 Å². The number of nitrogens with one attached hydrogen (secondary N) is 1. The number of aromatic nitrogens is 1. The summed E-state index contributed by atoms with van der Waals surface area (Å²) >= 11 is 0. The van der Waals surface area contributed by atoms with Crippen molar-refractivity contribution in [1.82, 2.24) is 4.57 Å². The van der Waals surface area contributed by atoms with Crippen LogP contribution in [0.5, 0.6) is 5.75 Å². The minimum Gasteiger partial charge on any atom is -0.492 e. The molecule has 0 atom stereocenters. The number of fused-ring (bicyclic) bond motifs is 1. The number of ether oxygens (including phenoxy) is 1. The minimum atomic E-state index is -0.455. The predicted octanol–water partition coefficient (Wildman–Crippen LogP) is 4.29. The van der Waals surface area contributed by atoms with Gasteiger partial charge in [-0.25, -0.2) is 4.79 Å². The molecule has 0 fully saturated rings. The maximum atomic E-state index is 12.8. The Bertz CT molecular complexity index is 1210. The van der Waals surface area contributed by atoms with E-state index < -0.39 is 5.76 Å². The lowest BCUT2D eigenvalue weighted by atomic mass is 10.1. The number of amides is 1. The molecular weight excluding hydrogens is 368 g/mol. The summed E-state index contributed by atoms with van der Waals surface area (Å²) in [7, 11) is 0. The Labute approximate surface area is 167 Å². The third kappa shape index (κ3) is 3.91. The first-order valence-electron chi connectivity index (χ1n) is 9.36. The Morgan fingerprint density at radius 1 is 1.03 bits per heavy atom. The van der Waals surface area contributed by atoms with E-state index in [1.54, 1.807) is 30.3 Å². The lowest BCUT2D eigenvalue weighted by molar-refractivity contribution is 0.102. The highest BCUT2D eigenvalue weighted by Gasteiger charge is 2.15. The third-order valence-corrected chi connectivity index (χ3v) is 4.55. The van der Waals surface area contributed by atoms with Gasteiger partial charge in [-0.05, 0) is 42.8 Å². The highest BCUT2D eigenvalue weighted by atomic mass is 16.5. The molecule has 0 aliphatic heterocycles. The number of nitrogens with zero attached hydrogens (tertiary/aromatic N) is 1. The zero-order valence-corrected chi connectivity index (χ0v) is 15.9. The Morgan fingerprint density at radius 3 is 2.59 bits per heavy atom. The number of para-hydroxylation sites is 2. The van der Waals surface area contributed by atoms with E-state index in [9.17, 15) is 9.59 Å². The van der Waals surface area contributed by atoms with Crippen LogP contribution < -0.4 is 15.8 Å². The fourth-order valence-electron chi connectivity index (χ4n) is 3.16. The van der Waals surface area contributed by atoms with Crippen molar-refractivity contribution in [3.8, 4) is 5.75 Å². The number of oxazole rings is 1. The molecule has 6 nitrogen and oxygen atoms in total. The van der Waals surface area contributed by atoms with Crippen LogP contribution in [0.4, 0.5) is 5.69 Å². The van der Waals surface area contributed by atoms with Crippen LogP contribution in [-0.2, 0) is 6.54 Å². The summed E-state index contributed by atoms with van der Waals surface area (Å²) < 4.78 is 12.4.